The van der Waals surface area contributed by atoms with Gasteiger partial charge in [-0.25, -0.2) is 28.1 Å². The number of nitrogens with zero attached hydrogens (tertiary/aromatic N) is 3. The number of ether oxygens (including phenoxy) is 9. The molecule has 9 atom stereocenters. The molecule has 87 heavy (non-hydrogen) atoms. The first-order chi connectivity index (χ1) is 40.5. The second kappa shape index (κ2) is 48.6. The molecule has 0 saturated carbocycles. The minimum Gasteiger partial charge on any atom is -0.466 e. The van der Waals surface area contributed by atoms with Gasteiger partial charge in [0.1, 0.15) is 51.7 Å². The summed E-state index contributed by atoms with van der Waals surface area (Å²) in [7, 11) is 0. The Morgan fingerprint density at radius 2 is 0.437 bits per heavy atom. The maximum atomic E-state index is 12.9. The summed E-state index contributed by atoms with van der Waals surface area (Å²) in [6.07, 6.45) is 2.31. The molecular formula is C54H91N3O21S9. The lowest BCUT2D eigenvalue weighted by Crippen LogP contribution is -2.55. The van der Waals surface area contributed by atoms with E-state index in [0.717, 1.165) is 13.7 Å². The zero-order chi connectivity index (χ0) is 67.0. The Hall–Kier alpha value is -3.21. The third-order valence-corrected chi connectivity index (χ3v) is 12.1. The Morgan fingerprint density at radius 1 is 0.287 bits per heavy atom. The smallest absolute Gasteiger partial charge is 0.336 e. The molecule has 24 nitrogen and oxygen atoms in total. The maximum Gasteiger partial charge on any atom is 0.336 e. The van der Waals surface area contributed by atoms with Crippen LogP contribution in [0.1, 0.15) is 133 Å². The Bertz CT molecular complexity index is 2150. The predicted molar refractivity (Wildman–Crippen MR) is 357 cm³/mol. The van der Waals surface area contributed by atoms with Gasteiger partial charge in [-0.15, -0.1) is 0 Å². The van der Waals surface area contributed by atoms with Crippen LogP contribution in [0.2, 0.25) is 0 Å². The summed E-state index contributed by atoms with van der Waals surface area (Å²) in [6, 6.07) is 0. The zero-order valence-corrected chi connectivity index (χ0v) is 58.9. The molecule has 0 bridgehead atoms. The van der Waals surface area contributed by atoms with Crippen molar-refractivity contribution in [2.45, 2.75) is 200 Å². The molecule has 0 spiro atoms. The largest absolute Gasteiger partial charge is 0.466 e. The number of thiol groups is 9. The van der Waals surface area contributed by atoms with E-state index in [-0.39, 0.29) is 170 Å². The van der Waals surface area contributed by atoms with Crippen LogP contribution in [0.3, 0.4) is 0 Å². The normalized spacial score (nSPS) is 14.7. The molecule has 0 aromatic carbocycles. The molecule has 0 aliphatic carbocycles. The molecule has 9 unspecified atom stereocenters. The van der Waals surface area contributed by atoms with Crippen molar-refractivity contribution in [1.29, 1.82) is 0 Å². The summed E-state index contributed by atoms with van der Waals surface area (Å²) in [5, 5.41) is -1.60. The van der Waals surface area contributed by atoms with Crippen molar-refractivity contribution in [3.8, 4) is 0 Å². The first kappa shape index (κ1) is 85.9. The number of esters is 9. The van der Waals surface area contributed by atoms with Crippen molar-refractivity contribution >= 4 is 167 Å². The van der Waals surface area contributed by atoms with Crippen molar-refractivity contribution in [2.24, 2.45) is 5.41 Å². The monoisotopic (exact) mass is 1410 g/mol. The third kappa shape index (κ3) is 46.5. The highest BCUT2D eigenvalue weighted by atomic mass is 32.1. The van der Waals surface area contributed by atoms with E-state index in [2.05, 4.69) is 114 Å². The van der Waals surface area contributed by atoms with Gasteiger partial charge in [-0.2, -0.15) is 114 Å². The van der Waals surface area contributed by atoms with Crippen LogP contribution in [0.5, 0.6) is 0 Å². The third-order valence-electron chi connectivity index (χ3n) is 10.5. The average molecular weight is 1410 g/mol. The number of rotatable bonds is 40. The summed E-state index contributed by atoms with van der Waals surface area (Å²) in [6.45, 7) is 13.4. The van der Waals surface area contributed by atoms with Gasteiger partial charge in [0, 0.05) is 47.2 Å². The van der Waals surface area contributed by atoms with Crippen LogP contribution in [0, 0.1) is 5.41 Å². The maximum absolute atomic E-state index is 12.9. The van der Waals surface area contributed by atoms with E-state index >= 15 is 0 Å². The topological polar surface area (TPSA) is 303 Å². The summed E-state index contributed by atoms with van der Waals surface area (Å²) >= 11 is 37.2. The van der Waals surface area contributed by atoms with Crippen LogP contribution >= 0.6 is 114 Å². The fraction of sp³-hybridized carbons (Fsp3) is 0.778. The summed E-state index contributed by atoms with van der Waals surface area (Å²) in [5.41, 5.74) is -4.17. The van der Waals surface area contributed by atoms with Gasteiger partial charge in [0.05, 0.1) is 90.6 Å². The molecule has 0 aliphatic heterocycles. The number of unbranched alkanes of at least 4 members (excludes halogenated alkanes) is 1. The van der Waals surface area contributed by atoms with Gasteiger partial charge in [0.25, 0.3) is 0 Å². The highest BCUT2D eigenvalue weighted by molar-refractivity contribution is 7.82. The number of hydrogen-bond acceptors (Lipinski definition) is 30. The predicted octanol–water partition coefficient (Wildman–Crippen LogP) is 5.18. The van der Waals surface area contributed by atoms with E-state index in [1.807, 2.05) is 13.8 Å². The van der Waals surface area contributed by atoms with E-state index in [1.54, 1.807) is 48.5 Å². The summed E-state index contributed by atoms with van der Waals surface area (Å²) in [4.78, 5) is 145. The van der Waals surface area contributed by atoms with E-state index in [1.165, 1.54) is 0 Å². The van der Waals surface area contributed by atoms with E-state index < -0.39 is 64.3 Å². The Labute approximate surface area is 559 Å². The van der Waals surface area contributed by atoms with Crippen LogP contribution in [0.4, 0.5) is 0 Å². The molecule has 33 heteroatoms. The average Bonchev–Trinajstić information content (AvgIpc) is 1.02. The quantitative estimate of drug-likeness (QED) is 0.0177. The van der Waals surface area contributed by atoms with Crippen molar-refractivity contribution < 1.29 is 85.8 Å². The van der Waals surface area contributed by atoms with Crippen molar-refractivity contribution in [3.05, 3.63) is 31.5 Å². The van der Waals surface area contributed by atoms with Gasteiger partial charge in [0.15, 0.2) is 0 Å². The number of aromatic nitrogens is 3. The summed E-state index contributed by atoms with van der Waals surface area (Å²) in [5.74, 6) is -4.31. The summed E-state index contributed by atoms with van der Waals surface area (Å²) < 4.78 is 48.7. The first-order valence-electron chi connectivity index (χ1n) is 28.0. The first-order valence-corrected chi connectivity index (χ1v) is 32.6. The van der Waals surface area contributed by atoms with Gasteiger partial charge in [-0.05, 0) is 12.8 Å². The number of carbonyl (C=O) groups excluding carboxylic acids is 9. The van der Waals surface area contributed by atoms with Crippen LogP contribution in [0.15, 0.2) is 14.4 Å². The van der Waals surface area contributed by atoms with E-state index in [0.29, 0.717) is 38.9 Å². The number of carbonyl (C=O) groups is 9. The SMILES string of the molecule is CC(S)CC(=O)OCC(COC(=O)CC(C)S)(COC(=O)CC(C)S)COC(=O)CC(C)S.CC(S)CC(=O)OCCCCOC(=O)CC(C)S.CC(S)CC(=O)OCCn1c(=O)n(CCOC(=O)CC(C)S)c(=O)n(CCOC(=O)CC(C)S)c1=O. The molecule has 0 N–H and O–H groups in total. The highest BCUT2D eigenvalue weighted by Gasteiger charge is 2.38. The standard InChI is InChI=1S/C21H33N3O9S3.C21H36O8S4.C12H22O4S2/c1-13(34)10-16(25)31-7-4-22-19(28)23(5-8-32-17(26)11-14(2)35)21(30)24(20(22)29)6-9-33-18(27)12-15(3)36;1-13(30)5-17(22)26-9-21(10-27-18(23)6-14(2)31,11-28-19(24)7-15(3)32)12-29-20(25)8-16(4)33;1-9(17)7-11(13)15-5-3-4-6-16-12(14)8-10(2)18/h13-15,34-36H,4-12H2,1-3H3;13-16,30-33H,5-12H2,1-4H3;9-10,17-18H,3-8H2,1-2H3. The van der Waals surface area contributed by atoms with Gasteiger partial charge < -0.3 is 42.6 Å². The molecule has 1 aromatic rings. The van der Waals surface area contributed by atoms with Gasteiger partial charge in [-0.1, -0.05) is 62.3 Å². The van der Waals surface area contributed by atoms with E-state index in [9.17, 15) is 57.5 Å². The Kier molecular flexibility index (Phi) is 47.9. The minimum absolute atomic E-state index is 0.0154. The van der Waals surface area contributed by atoms with Crippen LogP contribution in [-0.2, 0) is 105 Å². The second-order valence-electron chi connectivity index (χ2n) is 20.7. The van der Waals surface area contributed by atoms with Gasteiger partial charge >= 0.3 is 70.8 Å². The Balaban J connectivity index is 0. The molecule has 0 aliphatic rings. The van der Waals surface area contributed by atoms with Gasteiger partial charge in [0.2, 0.25) is 0 Å². The lowest BCUT2D eigenvalue weighted by molar-refractivity contribution is -0.171. The fourth-order valence-corrected chi connectivity index (χ4v) is 7.81. The molecule has 502 valence electrons. The minimum atomic E-state index is -1.30. The lowest BCUT2D eigenvalue weighted by atomic mass is 9.92. The molecule has 0 fully saturated rings. The molecule has 0 amide bonds. The van der Waals surface area contributed by atoms with Crippen molar-refractivity contribution in [1.82, 2.24) is 13.7 Å². The highest BCUT2D eigenvalue weighted by Crippen LogP contribution is 2.24. The molecule has 1 heterocycles. The van der Waals surface area contributed by atoms with Crippen molar-refractivity contribution in [2.75, 3.05) is 59.5 Å². The Morgan fingerprint density at radius 3 is 0.598 bits per heavy atom. The molecular weight excluding hydrogens is 1320 g/mol. The van der Waals surface area contributed by atoms with Crippen molar-refractivity contribution in [3.63, 3.8) is 0 Å². The van der Waals surface area contributed by atoms with Gasteiger partial charge in [-0.3, -0.25) is 43.2 Å². The molecule has 0 radical (unpaired) electrons. The number of hydrogen-bond donors (Lipinski definition) is 9. The fourth-order valence-electron chi connectivity index (χ4n) is 6.47. The van der Waals surface area contributed by atoms with Crippen LogP contribution in [0.25, 0.3) is 0 Å². The second-order valence-corrected chi connectivity index (χ2v) is 28.7. The zero-order valence-electron chi connectivity index (χ0n) is 50.9. The van der Waals surface area contributed by atoms with E-state index in [4.69, 9.17) is 42.6 Å². The molecule has 1 aromatic heterocycles. The van der Waals surface area contributed by atoms with Crippen LogP contribution < -0.4 is 17.1 Å². The molecule has 0 saturated heterocycles. The van der Waals surface area contributed by atoms with Crippen LogP contribution in [-0.4, -0.2) is 174 Å². The molecule has 1 rings (SSSR count). The lowest BCUT2D eigenvalue weighted by Gasteiger charge is -2.32.